The predicted octanol–water partition coefficient (Wildman–Crippen LogP) is 3.15. The van der Waals surface area contributed by atoms with Gasteiger partial charge in [-0.2, -0.15) is 5.26 Å². The van der Waals surface area contributed by atoms with Crippen LogP contribution < -0.4 is 5.32 Å². The Balaban J connectivity index is 1.52. The number of esters is 1. The molecular weight excluding hydrogens is 354 g/mol. The summed E-state index contributed by atoms with van der Waals surface area (Å²) < 4.78 is 5.57. The number of aromatic nitrogens is 1. The van der Waals surface area contributed by atoms with Crippen molar-refractivity contribution in [1.29, 1.82) is 5.26 Å². The van der Waals surface area contributed by atoms with Crippen LogP contribution in [-0.4, -0.2) is 22.9 Å². The number of carbonyl (C=O) groups is 2. The van der Waals surface area contributed by atoms with Gasteiger partial charge in [0.25, 0.3) is 5.91 Å². The molecule has 6 nitrogen and oxygen atoms in total. The van der Waals surface area contributed by atoms with E-state index in [1.165, 1.54) is 0 Å². The van der Waals surface area contributed by atoms with Gasteiger partial charge in [-0.05, 0) is 36.6 Å². The van der Waals surface area contributed by atoms with E-state index in [1.54, 1.807) is 30.5 Å². The lowest BCUT2D eigenvalue weighted by Crippen LogP contribution is -2.33. The number of para-hydroxylation sites is 1. The quantitative estimate of drug-likeness (QED) is 0.649. The standard InChI is InChI=1S/C22H19N3O3/c23-12-14-5-7-15(8-6-14)21(22(27)25-17-9-10-17)28-20(26)11-16-13-24-19-4-2-1-3-18(16)19/h1-8,13,17,21,24H,9-11H2,(H,25,27). The molecule has 1 aliphatic carbocycles. The molecule has 1 fully saturated rings. The van der Waals surface area contributed by atoms with Gasteiger partial charge < -0.3 is 15.0 Å². The highest BCUT2D eigenvalue weighted by atomic mass is 16.5. The fourth-order valence-electron chi connectivity index (χ4n) is 3.12. The van der Waals surface area contributed by atoms with Crippen LogP contribution in [0.5, 0.6) is 0 Å². The molecule has 0 aliphatic heterocycles. The van der Waals surface area contributed by atoms with Crippen molar-refractivity contribution >= 4 is 22.8 Å². The average molecular weight is 373 g/mol. The number of hydrogen-bond acceptors (Lipinski definition) is 4. The molecule has 0 spiro atoms. The van der Waals surface area contributed by atoms with E-state index in [-0.39, 0.29) is 18.4 Å². The van der Waals surface area contributed by atoms with Crippen molar-refractivity contribution in [2.75, 3.05) is 0 Å². The van der Waals surface area contributed by atoms with Gasteiger partial charge in [-0.1, -0.05) is 30.3 Å². The number of benzene rings is 2. The topological polar surface area (TPSA) is 95.0 Å². The van der Waals surface area contributed by atoms with Gasteiger partial charge in [0.15, 0.2) is 0 Å². The number of rotatable bonds is 6. The van der Waals surface area contributed by atoms with Crippen molar-refractivity contribution in [3.05, 3.63) is 71.4 Å². The molecule has 2 aromatic carbocycles. The fraction of sp³-hybridized carbons (Fsp3) is 0.227. The van der Waals surface area contributed by atoms with Crippen LogP contribution in [0.2, 0.25) is 0 Å². The van der Waals surface area contributed by atoms with Gasteiger partial charge in [0, 0.05) is 28.7 Å². The van der Waals surface area contributed by atoms with E-state index < -0.39 is 12.1 Å². The first-order valence-electron chi connectivity index (χ1n) is 9.19. The minimum Gasteiger partial charge on any atom is -0.447 e. The monoisotopic (exact) mass is 373 g/mol. The number of H-pyrrole nitrogens is 1. The molecule has 6 heteroatoms. The number of ether oxygens (including phenoxy) is 1. The number of fused-ring (bicyclic) bond motifs is 1. The third kappa shape index (κ3) is 3.89. The zero-order valence-corrected chi connectivity index (χ0v) is 15.1. The maximum atomic E-state index is 12.6. The van der Waals surface area contributed by atoms with Crippen LogP contribution in [0.25, 0.3) is 10.9 Å². The summed E-state index contributed by atoms with van der Waals surface area (Å²) in [5.41, 5.74) is 2.79. The lowest BCUT2D eigenvalue weighted by molar-refractivity contribution is -0.155. The average Bonchev–Trinajstić information content (AvgIpc) is 3.45. The van der Waals surface area contributed by atoms with Gasteiger partial charge in [0.2, 0.25) is 6.10 Å². The molecule has 1 atom stereocenters. The maximum Gasteiger partial charge on any atom is 0.311 e. The van der Waals surface area contributed by atoms with Crippen molar-refractivity contribution in [3.8, 4) is 6.07 Å². The lowest BCUT2D eigenvalue weighted by atomic mass is 10.1. The van der Waals surface area contributed by atoms with Crippen molar-refractivity contribution in [2.45, 2.75) is 31.4 Å². The minimum absolute atomic E-state index is 0.0630. The van der Waals surface area contributed by atoms with Gasteiger partial charge in [0.05, 0.1) is 18.1 Å². The van der Waals surface area contributed by atoms with Crippen molar-refractivity contribution in [2.24, 2.45) is 0 Å². The van der Waals surface area contributed by atoms with E-state index in [9.17, 15) is 9.59 Å². The molecule has 1 heterocycles. The first-order valence-corrected chi connectivity index (χ1v) is 9.19. The molecule has 0 radical (unpaired) electrons. The van der Waals surface area contributed by atoms with E-state index in [2.05, 4.69) is 10.3 Å². The van der Waals surface area contributed by atoms with Crippen LogP contribution >= 0.6 is 0 Å². The van der Waals surface area contributed by atoms with Crippen LogP contribution in [0.4, 0.5) is 0 Å². The number of amides is 1. The van der Waals surface area contributed by atoms with Crippen LogP contribution in [0.3, 0.4) is 0 Å². The van der Waals surface area contributed by atoms with Crippen LogP contribution in [-0.2, 0) is 20.7 Å². The normalized spacial score (nSPS) is 14.2. The molecule has 1 aromatic heterocycles. The third-order valence-electron chi connectivity index (χ3n) is 4.76. The first kappa shape index (κ1) is 17.8. The number of nitrogens with zero attached hydrogens (tertiary/aromatic N) is 1. The van der Waals surface area contributed by atoms with E-state index >= 15 is 0 Å². The van der Waals surface area contributed by atoms with Crippen molar-refractivity contribution in [3.63, 3.8) is 0 Å². The SMILES string of the molecule is N#Cc1ccc(C(OC(=O)Cc2c[nH]c3ccccc23)C(=O)NC2CC2)cc1. The number of carbonyl (C=O) groups excluding carboxylic acids is 2. The zero-order valence-electron chi connectivity index (χ0n) is 15.1. The van der Waals surface area contributed by atoms with Gasteiger partial charge >= 0.3 is 5.97 Å². The van der Waals surface area contributed by atoms with E-state index in [0.717, 1.165) is 29.3 Å². The van der Waals surface area contributed by atoms with Gasteiger partial charge in [0.1, 0.15) is 0 Å². The molecular formula is C22H19N3O3. The highest BCUT2D eigenvalue weighted by Gasteiger charge is 2.31. The summed E-state index contributed by atoms with van der Waals surface area (Å²) in [4.78, 5) is 28.4. The molecule has 2 N–H and O–H groups in total. The number of nitriles is 1. The second-order valence-electron chi connectivity index (χ2n) is 6.92. The molecule has 1 aliphatic rings. The summed E-state index contributed by atoms with van der Waals surface area (Å²) in [6.07, 6.45) is 2.69. The van der Waals surface area contributed by atoms with Crippen molar-refractivity contribution in [1.82, 2.24) is 10.3 Å². The summed E-state index contributed by atoms with van der Waals surface area (Å²) in [6.45, 7) is 0. The first-order chi connectivity index (χ1) is 13.6. The molecule has 3 aromatic rings. The Kier molecular flexibility index (Phi) is 4.81. The predicted molar refractivity (Wildman–Crippen MR) is 103 cm³/mol. The molecule has 1 saturated carbocycles. The van der Waals surface area contributed by atoms with Gasteiger partial charge in [-0.25, -0.2) is 0 Å². The summed E-state index contributed by atoms with van der Waals surface area (Å²) in [6, 6.07) is 16.4. The Bertz CT molecular complexity index is 1060. The maximum absolute atomic E-state index is 12.6. The summed E-state index contributed by atoms with van der Waals surface area (Å²) in [5.74, 6) is -0.815. The Morgan fingerprint density at radius 2 is 1.93 bits per heavy atom. The molecule has 0 bridgehead atoms. The van der Waals surface area contributed by atoms with Crippen LogP contribution in [0.15, 0.2) is 54.7 Å². The van der Waals surface area contributed by atoms with Gasteiger partial charge in [-0.15, -0.1) is 0 Å². The third-order valence-corrected chi connectivity index (χ3v) is 4.76. The minimum atomic E-state index is -1.04. The summed E-state index contributed by atoms with van der Waals surface area (Å²) in [5, 5.41) is 12.8. The van der Waals surface area contributed by atoms with Crippen LogP contribution in [0, 0.1) is 11.3 Å². The Morgan fingerprint density at radius 1 is 1.18 bits per heavy atom. The Hall–Kier alpha value is -3.59. The Labute approximate surface area is 162 Å². The van der Waals surface area contributed by atoms with Crippen molar-refractivity contribution < 1.29 is 14.3 Å². The zero-order chi connectivity index (χ0) is 19.5. The number of aromatic amines is 1. The highest BCUT2D eigenvalue weighted by Crippen LogP contribution is 2.25. The highest BCUT2D eigenvalue weighted by molar-refractivity contribution is 5.89. The second-order valence-corrected chi connectivity index (χ2v) is 6.92. The Morgan fingerprint density at radius 3 is 2.64 bits per heavy atom. The summed E-state index contributed by atoms with van der Waals surface area (Å²) >= 11 is 0. The smallest absolute Gasteiger partial charge is 0.311 e. The molecule has 4 rings (SSSR count). The van der Waals surface area contributed by atoms with Crippen LogP contribution in [0.1, 0.15) is 35.6 Å². The fourth-order valence-corrected chi connectivity index (χ4v) is 3.12. The summed E-state index contributed by atoms with van der Waals surface area (Å²) in [7, 11) is 0. The largest absolute Gasteiger partial charge is 0.447 e. The number of hydrogen-bond donors (Lipinski definition) is 2. The molecule has 140 valence electrons. The van der Waals surface area contributed by atoms with E-state index in [4.69, 9.17) is 10.00 Å². The van der Waals surface area contributed by atoms with Gasteiger partial charge in [-0.3, -0.25) is 9.59 Å². The number of nitrogens with one attached hydrogen (secondary N) is 2. The molecule has 1 amide bonds. The molecule has 0 saturated heterocycles. The van der Waals surface area contributed by atoms with E-state index in [1.807, 2.05) is 30.3 Å². The lowest BCUT2D eigenvalue weighted by Gasteiger charge is -2.18. The van der Waals surface area contributed by atoms with E-state index in [0.29, 0.717) is 11.1 Å². The molecule has 1 unspecified atom stereocenters. The second kappa shape index (κ2) is 7.57. The molecule has 28 heavy (non-hydrogen) atoms.